The van der Waals surface area contributed by atoms with Crippen LogP contribution in [0.25, 0.3) is 0 Å². The third-order valence-electron chi connectivity index (χ3n) is 2.12. The maximum atomic E-state index is 13.6. The van der Waals surface area contributed by atoms with Crippen LogP contribution in [-0.4, -0.2) is 19.7 Å². The Labute approximate surface area is 103 Å². The first-order valence-electron chi connectivity index (χ1n) is 4.96. The molecule has 0 aliphatic heterocycles. The van der Waals surface area contributed by atoms with Crippen LogP contribution in [0.2, 0.25) is 5.02 Å². The van der Waals surface area contributed by atoms with Gasteiger partial charge in [-0.1, -0.05) is 11.6 Å². The summed E-state index contributed by atoms with van der Waals surface area (Å²) in [7, 11) is 1.20. The summed E-state index contributed by atoms with van der Waals surface area (Å²) in [5.74, 6) is -1.37. The Morgan fingerprint density at radius 3 is 2.71 bits per heavy atom. The number of benzene rings is 1. The molecule has 0 unspecified atom stereocenters. The van der Waals surface area contributed by atoms with Gasteiger partial charge in [0.25, 0.3) is 0 Å². The van der Waals surface area contributed by atoms with Gasteiger partial charge in [0.2, 0.25) is 0 Å². The molecule has 17 heavy (non-hydrogen) atoms. The molecule has 0 amide bonds. The number of nitrogens with two attached hydrogens (primary N) is 1. The summed E-state index contributed by atoms with van der Waals surface area (Å²) in [5.41, 5.74) is 5.81. The molecule has 0 aliphatic rings. The fraction of sp³-hybridized carbons (Fsp3) is 0.364. The van der Waals surface area contributed by atoms with Gasteiger partial charge in [0.15, 0.2) is 11.6 Å². The molecule has 0 saturated heterocycles. The normalized spacial score (nSPS) is 12.1. The minimum absolute atomic E-state index is 0.0463. The van der Waals surface area contributed by atoms with Crippen molar-refractivity contribution in [1.82, 2.24) is 0 Å². The predicted octanol–water partition coefficient (Wildman–Crippen LogP) is 2.05. The first-order valence-corrected chi connectivity index (χ1v) is 5.34. The third-order valence-corrected chi connectivity index (χ3v) is 2.40. The van der Waals surface area contributed by atoms with Crippen LogP contribution in [0.5, 0.6) is 5.75 Å². The van der Waals surface area contributed by atoms with Crippen molar-refractivity contribution >= 4 is 17.6 Å². The first-order chi connectivity index (χ1) is 8.01. The second kappa shape index (κ2) is 5.84. The Hall–Kier alpha value is -1.33. The standard InChI is InChI=1S/C11H13ClFNO3/c1-3-17-10-7(12)4-6(5-8(10)13)9(14)11(15)16-2/h4-5,9H,3,14H2,1-2H3/t9-/m1/s1. The molecule has 0 spiro atoms. The quantitative estimate of drug-likeness (QED) is 0.843. The van der Waals surface area contributed by atoms with Crippen LogP contribution in [0.4, 0.5) is 4.39 Å². The Kier molecular flexibility index (Phi) is 4.72. The highest BCUT2D eigenvalue weighted by atomic mass is 35.5. The molecule has 1 rings (SSSR count). The minimum atomic E-state index is -1.07. The molecule has 0 bridgehead atoms. The first kappa shape index (κ1) is 13.7. The summed E-state index contributed by atoms with van der Waals surface area (Å²) < 4.78 is 23.1. The number of hydrogen-bond donors (Lipinski definition) is 1. The van der Waals surface area contributed by atoms with E-state index in [0.717, 1.165) is 6.07 Å². The van der Waals surface area contributed by atoms with E-state index < -0.39 is 17.8 Å². The maximum Gasteiger partial charge on any atom is 0.327 e. The Bertz CT molecular complexity index is 402. The van der Waals surface area contributed by atoms with Gasteiger partial charge in [-0.05, 0) is 24.6 Å². The molecule has 0 aliphatic carbocycles. The van der Waals surface area contributed by atoms with Crippen molar-refractivity contribution in [1.29, 1.82) is 0 Å². The molecule has 94 valence electrons. The fourth-order valence-electron chi connectivity index (χ4n) is 1.30. The second-order valence-corrected chi connectivity index (χ2v) is 3.65. The van der Waals surface area contributed by atoms with Crippen LogP contribution in [0.1, 0.15) is 18.5 Å². The van der Waals surface area contributed by atoms with E-state index in [9.17, 15) is 9.18 Å². The zero-order chi connectivity index (χ0) is 13.0. The lowest BCUT2D eigenvalue weighted by molar-refractivity contribution is -0.142. The molecule has 0 heterocycles. The lowest BCUT2D eigenvalue weighted by atomic mass is 10.1. The van der Waals surface area contributed by atoms with Gasteiger partial charge in [0, 0.05) is 0 Å². The molecular weight excluding hydrogens is 249 g/mol. The van der Waals surface area contributed by atoms with Crippen molar-refractivity contribution in [2.24, 2.45) is 5.73 Å². The second-order valence-electron chi connectivity index (χ2n) is 3.25. The van der Waals surface area contributed by atoms with Crippen molar-refractivity contribution in [3.63, 3.8) is 0 Å². The summed E-state index contributed by atoms with van der Waals surface area (Å²) in [6.07, 6.45) is 0. The van der Waals surface area contributed by atoms with Crippen LogP contribution in [0.3, 0.4) is 0 Å². The van der Waals surface area contributed by atoms with Gasteiger partial charge in [-0.25, -0.2) is 4.39 Å². The zero-order valence-corrected chi connectivity index (χ0v) is 10.3. The van der Waals surface area contributed by atoms with Crippen LogP contribution in [0, 0.1) is 5.82 Å². The van der Waals surface area contributed by atoms with Gasteiger partial charge in [0.05, 0.1) is 18.7 Å². The lowest BCUT2D eigenvalue weighted by Crippen LogP contribution is -2.22. The average Bonchev–Trinajstić information content (AvgIpc) is 2.31. The minimum Gasteiger partial charge on any atom is -0.489 e. The average molecular weight is 262 g/mol. The number of carbonyl (C=O) groups excluding carboxylic acids is 1. The highest BCUT2D eigenvalue weighted by molar-refractivity contribution is 6.32. The molecule has 0 radical (unpaired) electrons. The van der Waals surface area contributed by atoms with Gasteiger partial charge in [0.1, 0.15) is 6.04 Å². The van der Waals surface area contributed by atoms with E-state index in [1.807, 2.05) is 0 Å². The highest BCUT2D eigenvalue weighted by Crippen LogP contribution is 2.31. The largest absolute Gasteiger partial charge is 0.489 e. The number of hydrogen-bond acceptors (Lipinski definition) is 4. The lowest BCUT2D eigenvalue weighted by Gasteiger charge is -2.13. The van der Waals surface area contributed by atoms with Crippen molar-refractivity contribution in [3.05, 3.63) is 28.5 Å². The molecule has 1 atom stereocenters. The Morgan fingerprint density at radius 2 is 2.24 bits per heavy atom. The van der Waals surface area contributed by atoms with E-state index in [4.69, 9.17) is 22.1 Å². The van der Waals surface area contributed by atoms with E-state index >= 15 is 0 Å². The predicted molar refractivity (Wildman–Crippen MR) is 61.5 cm³/mol. The van der Waals surface area contributed by atoms with Crippen LogP contribution >= 0.6 is 11.6 Å². The smallest absolute Gasteiger partial charge is 0.327 e. The van der Waals surface area contributed by atoms with E-state index in [0.29, 0.717) is 6.61 Å². The van der Waals surface area contributed by atoms with Crippen molar-refractivity contribution < 1.29 is 18.7 Å². The van der Waals surface area contributed by atoms with Crippen molar-refractivity contribution in [2.45, 2.75) is 13.0 Å². The molecule has 0 fully saturated rings. The summed E-state index contributed by atoms with van der Waals surface area (Å²) in [6.45, 7) is 2.00. The monoisotopic (exact) mass is 261 g/mol. The van der Waals surface area contributed by atoms with E-state index in [1.54, 1.807) is 6.92 Å². The number of esters is 1. The van der Waals surface area contributed by atoms with Gasteiger partial charge in [-0.2, -0.15) is 0 Å². The summed E-state index contributed by atoms with van der Waals surface area (Å²) in [6, 6.07) is 1.43. The topological polar surface area (TPSA) is 61.5 Å². The molecule has 0 saturated carbocycles. The van der Waals surface area contributed by atoms with Gasteiger partial charge >= 0.3 is 5.97 Å². The molecule has 4 nitrogen and oxygen atoms in total. The Balaban J connectivity index is 3.09. The number of methoxy groups -OCH3 is 1. The van der Waals surface area contributed by atoms with Gasteiger partial charge in [-0.15, -0.1) is 0 Å². The number of halogens is 2. The third kappa shape index (κ3) is 3.08. The number of ether oxygens (including phenoxy) is 2. The number of carbonyl (C=O) groups is 1. The van der Waals surface area contributed by atoms with E-state index in [-0.39, 0.29) is 16.3 Å². The summed E-state index contributed by atoms with van der Waals surface area (Å²) in [5, 5.41) is 0.0706. The summed E-state index contributed by atoms with van der Waals surface area (Å²) in [4.78, 5) is 11.2. The molecule has 1 aromatic rings. The Morgan fingerprint density at radius 1 is 1.59 bits per heavy atom. The number of rotatable bonds is 4. The van der Waals surface area contributed by atoms with Crippen LogP contribution in [-0.2, 0) is 9.53 Å². The van der Waals surface area contributed by atoms with E-state index in [1.165, 1.54) is 13.2 Å². The summed E-state index contributed by atoms with van der Waals surface area (Å²) >= 11 is 5.83. The maximum absolute atomic E-state index is 13.6. The van der Waals surface area contributed by atoms with E-state index in [2.05, 4.69) is 4.74 Å². The van der Waals surface area contributed by atoms with Crippen molar-refractivity contribution in [2.75, 3.05) is 13.7 Å². The fourth-order valence-corrected chi connectivity index (χ4v) is 1.58. The molecule has 6 heteroatoms. The molecule has 0 aromatic heterocycles. The molecule has 1 aromatic carbocycles. The van der Waals surface area contributed by atoms with Gasteiger partial charge < -0.3 is 15.2 Å². The zero-order valence-electron chi connectivity index (χ0n) is 9.50. The highest BCUT2D eigenvalue weighted by Gasteiger charge is 2.20. The van der Waals surface area contributed by atoms with Crippen molar-refractivity contribution in [3.8, 4) is 5.75 Å². The SMILES string of the molecule is CCOc1c(F)cc([C@@H](N)C(=O)OC)cc1Cl. The molecule has 2 N–H and O–H groups in total. The van der Waals surface area contributed by atoms with Gasteiger partial charge in [-0.3, -0.25) is 4.79 Å². The van der Waals surface area contributed by atoms with Crippen LogP contribution in [0.15, 0.2) is 12.1 Å². The molecular formula is C11H13ClFNO3. The van der Waals surface area contributed by atoms with Crippen LogP contribution < -0.4 is 10.5 Å².